The Hall–Kier alpha value is -2.87. The van der Waals surface area contributed by atoms with Crippen molar-refractivity contribution in [2.24, 2.45) is 0 Å². The zero-order valence-electron chi connectivity index (χ0n) is 20.2. The van der Waals surface area contributed by atoms with Crippen molar-refractivity contribution >= 4 is 35.1 Å². The lowest BCUT2D eigenvalue weighted by Gasteiger charge is -2.42. The van der Waals surface area contributed by atoms with Crippen molar-refractivity contribution in [2.45, 2.75) is 24.9 Å². The molecule has 0 aliphatic carbocycles. The van der Waals surface area contributed by atoms with Gasteiger partial charge in [0.2, 0.25) is 5.91 Å². The second kappa shape index (κ2) is 11.2. The highest BCUT2D eigenvalue weighted by molar-refractivity contribution is 6.00. The van der Waals surface area contributed by atoms with E-state index in [1.807, 2.05) is 59.6 Å². The van der Waals surface area contributed by atoms with Crippen LogP contribution in [0.15, 0.2) is 60.8 Å². The summed E-state index contributed by atoms with van der Waals surface area (Å²) < 4.78 is 0. The van der Waals surface area contributed by atoms with Gasteiger partial charge in [-0.3, -0.25) is 14.5 Å². The number of amides is 2. The number of likely N-dealkylation sites (tertiary alicyclic amines) is 1. The Kier molecular flexibility index (Phi) is 8.11. The summed E-state index contributed by atoms with van der Waals surface area (Å²) in [6.07, 6.45) is 4.24. The molecule has 1 atom stereocenters. The van der Waals surface area contributed by atoms with Crippen LogP contribution in [0.25, 0.3) is 10.9 Å². The number of aromatic amines is 1. The van der Waals surface area contributed by atoms with Gasteiger partial charge < -0.3 is 20.1 Å². The van der Waals surface area contributed by atoms with Gasteiger partial charge in [-0.25, -0.2) is 0 Å². The number of nitrogens with one attached hydrogen (secondary N) is 2. The third kappa shape index (κ3) is 5.69. The largest absolute Gasteiger partial charge is 0.361 e. The molecule has 35 heavy (non-hydrogen) atoms. The number of fused-ring (bicyclic) bond motifs is 1. The Morgan fingerprint density at radius 1 is 0.943 bits per heavy atom. The predicted molar refractivity (Wildman–Crippen MR) is 141 cm³/mol. The van der Waals surface area contributed by atoms with E-state index < -0.39 is 6.04 Å². The number of piperidine rings is 1. The number of H-pyrrole nitrogens is 1. The lowest BCUT2D eigenvalue weighted by Crippen LogP contribution is -2.55. The standard InChI is InChI=1S/C27H33N5O2.ClH/c1-30-13-10-23(11-14-30)31-15-17-32(18-16-31)27(34)25(21-5-3-2-4-6-21)29-26(33)22-8-7-20-9-12-28-24(20)19-22;/h2-9,12,19,23,25,28H,10-11,13-18H2,1H3,(H,29,33);1H/t25-;/m1./s1. The summed E-state index contributed by atoms with van der Waals surface area (Å²) in [4.78, 5) is 36.8. The van der Waals surface area contributed by atoms with Crippen LogP contribution in [0.4, 0.5) is 0 Å². The molecule has 8 heteroatoms. The second-order valence-electron chi connectivity index (χ2n) is 9.49. The van der Waals surface area contributed by atoms with Crippen LogP contribution in [-0.4, -0.2) is 83.9 Å². The van der Waals surface area contributed by atoms with E-state index >= 15 is 0 Å². The fourth-order valence-electron chi connectivity index (χ4n) is 5.19. The van der Waals surface area contributed by atoms with Gasteiger partial charge in [-0.15, -0.1) is 12.4 Å². The van der Waals surface area contributed by atoms with E-state index in [0.29, 0.717) is 24.7 Å². The molecule has 2 aliphatic rings. The maximum Gasteiger partial charge on any atom is 0.252 e. The number of carbonyl (C=O) groups excluding carboxylic acids is 2. The van der Waals surface area contributed by atoms with Crippen LogP contribution < -0.4 is 5.32 Å². The maximum atomic E-state index is 13.6. The van der Waals surface area contributed by atoms with Crippen LogP contribution in [0.3, 0.4) is 0 Å². The lowest BCUT2D eigenvalue weighted by molar-refractivity contribution is -0.135. The van der Waals surface area contributed by atoms with Crippen molar-refractivity contribution in [2.75, 3.05) is 46.3 Å². The van der Waals surface area contributed by atoms with Crippen molar-refractivity contribution in [3.63, 3.8) is 0 Å². The summed E-state index contributed by atoms with van der Waals surface area (Å²) in [7, 11) is 2.18. The highest BCUT2D eigenvalue weighted by Gasteiger charge is 2.32. The monoisotopic (exact) mass is 495 g/mol. The molecule has 3 aromatic rings. The molecule has 0 bridgehead atoms. The third-order valence-corrected chi connectivity index (χ3v) is 7.30. The lowest BCUT2D eigenvalue weighted by atomic mass is 10.0. The maximum absolute atomic E-state index is 13.6. The van der Waals surface area contributed by atoms with Gasteiger partial charge in [-0.05, 0) is 62.1 Å². The van der Waals surface area contributed by atoms with E-state index in [2.05, 4.69) is 27.1 Å². The summed E-state index contributed by atoms with van der Waals surface area (Å²) in [5.41, 5.74) is 2.25. The minimum Gasteiger partial charge on any atom is -0.361 e. The molecule has 5 rings (SSSR count). The third-order valence-electron chi connectivity index (χ3n) is 7.30. The molecule has 2 N–H and O–H groups in total. The van der Waals surface area contributed by atoms with Crippen molar-refractivity contribution in [1.29, 1.82) is 0 Å². The second-order valence-corrected chi connectivity index (χ2v) is 9.49. The van der Waals surface area contributed by atoms with E-state index in [1.54, 1.807) is 6.07 Å². The zero-order chi connectivity index (χ0) is 23.5. The number of carbonyl (C=O) groups is 2. The van der Waals surface area contributed by atoms with Gasteiger partial charge >= 0.3 is 0 Å². The van der Waals surface area contributed by atoms with Crippen molar-refractivity contribution in [3.8, 4) is 0 Å². The fourth-order valence-corrected chi connectivity index (χ4v) is 5.19. The molecular formula is C27H34ClN5O2. The molecule has 0 unspecified atom stereocenters. The van der Waals surface area contributed by atoms with Gasteiger partial charge in [-0.2, -0.15) is 0 Å². The number of nitrogens with zero attached hydrogens (tertiary/aromatic N) is 3. The Morgan fingerprint density at radius 2 is 1.66 bits per heavy atom. The zero-order valence-corrected chi connectivity index (χ0v) is 21.0. The van der Waals surface area contributed by atoms with Crippen LogP contribution in [0.5, 0.6) is 0 Å². The van der Waals surface area contributed by atoms with Crippen LogP contribution in [-0.2, 0) is 4.79 Å². The van der Waals surface area contributed by atoms with Gasteiger partial charge in [0.05, 0.1) is 0 Å². The molecular weight excluding hydrogens is 462 g/mol. The van der Waals surface area contributed by atoms with E-state index in [9.17, 15) is 9.59 Å². The average molecular weight is 496 g/mol. The average Bonchev–Trinajstić information content (AvgIpc) is 3.36. The quantitative estimate of drug-likeness (QED) is 0.569. The topological polar surface area (TPSA) is 71.7 Å². The molecule has 7 nitrogen and oxygen atoms in total. The molecule has 186 valence electrons. The summed E-state index contributed by atoms with van der Waals surface area (Å²) >= 11 is 0. The van der Waals surface area contributed by atoms with E-state index in [1.165, 1.54) is 12.8 Å². The smallest absolute Gasteiger partial charge is 0.252 e. The van der Waals surface area contributed by atoms with E-state index in [0.717, 1.165) is 42.6 Å². The summed E-state index contributed by atoms with van der Waals surface area (Å²) in [6.45, 7) is 5.44. The Morgan fingerprint density at radius 3 is 2.37 bits per heavy atom. The van der Waals surface area contributed by atoms with E-state index in [-0.39, 0.29) is 24.2 Å². The fraction of sp³-hybridized carbons (Fsp3) is 0.407. The number of hydrogen-bond acceptors (Lipinski definition) is 4. The molecule has 0 saturated carbocycles. The summed E-state index contributed by atoms with van der Waals surface area (Å²) in [5.74, 6) is -0.285. The minimum absolute atomic E-state index is 0. The molecule has 2 aromatic carbocycles. The highest BCUT2D eigenvalue weighted by Crippen LogP contribution is 2.22. The van der Waals surface area contributed by atoms with Gasteiger partial charge in [0.25, 0.3) is 5.91 Å². The molecule has 1 aromatic heterocycles. The molecule has 2 saturated heterocycles. The molecule has 3 heterocycles. The molecule has 2 amide bonds. The first-order valence-electron chi connectivity index (χ1n) is 12.2. The Labute approximate surface area is 212 Å². The molecule has 2 fully saturated rings. The van der Waals surface area contributed by atoms with Gasteiger partial charge in [0.15, 0.2) is 0 Å². The Balaban J connectivity index is 0.00000289. The first-order valence-corrected chi connectivity index (χ1v) is 12.2. The number of rotatable bonds is 5. The SMILES string of the molecule is CN1CCC(N2CCN(C(=O)[C@H](NC(=O)c3ccc4cc[nH]c4c3)c3ccccc3)CC2)CC1.Cl. The van der Waals surface area contributed by atoms with Crippen LogP contribution in [0, 0.1) is 0 Å². The van der Waals surface area contributed by atoms with Gasteiger partial charge in [0, 0.05) is 49.5 Å². The number of benzene rings is 2. The van der Waals surface area contributed by atoms with Gasteiger partial charge in [-0.1, -0.05) is 36.4 Å². The van der Waals surface area contributed by atoms with Crippen LogP contribution >= 0.6 is 12.4 Å². The Bertz CT molecular complexity index is 1130. The van der Waals surface area contributed by atoms with E-state index in [4.69, 9.17) is 0 Å². The van der Waals surface area contributed by atoms with Crippen LogP contribution in [0.1, 0.15) is 34.8 Å². The number of aromatic nitrogens is 1. The first kappa shape index (κ1) is 25.2. The minimum atomic E-state index is -0.706. The highest BCUT2D eigenvalue weighted by atomic mass is 35.5. The predicted octanol–water partition coefficient (Wildman–Crippen LogP) is 3.30. The number of piperazine rings is 1. The van der Waals surface area contributed by atoms with Gasteiger partial charge in [0.1, 0.15) is 6.04 Å². The number of hydrogen-bond donors (Lipinski definition) is 2. The summed E-state index contributed by atoms with van der Waals surface area (Å²) in [6, 6.07) is 17.0. The van der Waals surface area contributed by atoms with Crippen molar-refractivity contribution in [3.05, 3.63) is 71.9 Å². The normalized spacial score (nSPS) is 18.7. The van der Waals surface area contributed by atoms with Crippen molar-refractivity contribution < 1.29 is 9.59 Å². The molecule has 0 radical (unpaired) electrons. The van der Waals surface area contributed by atoms with Crippen molar-refractivity contribution in [1.82, 2.24) is 25.0 Å². The molecule has 2 aliphatic heterocycles. The molecule has 0 spiro atoms. The summed E-state index contributed by atoms with van der Waals surface area (Å²) in [5, 5.41) is 4.07. The number of halogens is 1. The first-order chi connectivity index (χ1) is 16.6. The van der Waals surface area contributed by atoms with Crippen LogP contribution in [0.2, 0.25) is 0 Å².